The van der Waals surface area contributed by atoms with Crippen LogP contribution < -0.4 is 10.1 Å². The van der Waals surface area contributed by atoms with Crippen LogP contribution >= 0.6 is 11.6 Å². The van der Waals surface area contributed by atoms with Gasteiger partial charge < -0.3 is 10.1 Å². The van der Waals surface area contributed by atoms with Crippen molar-refractivity contribution in [2.45, 2.75) is 19.9 Å². The second-order valence-corrected chi connectivity index (χ2v) is 4.91. The van der Waals surface area contributed by atoms with Crippen LogP contribution in [0, 0.1) is 12.7 Å². The number of nitrogens with zero attached hydrogens (tertiary/aromatic N) is 1. The highest BCUT2D eigenvalue weighted by atomic mass is 35.5. The highest BCUT2D eigenvalue weighted by Gasteiger charge is 2.13. The van der Waals surface area contributed by atoms with Crippen molar-refractivity contribution in [1.82, 2.24) is 4.98 Å². The first-order valence-electron chi connectivity index (χ1n) is 6.24. The van der Waals surface area contributed by atoms with E-state index in [1.54, 1.807) is 18.2 Å². The number of pyridine rings is 1. The van der Waals surface area contributed by atoms with E-state index < -0.39 is 0 Å². The van der Waals surface area contributed by atoms with Gasteiger partial charge in [-0.05, 0) is 32.0 Å². The number of rotatable bonds is 4. The smallest absolute Gasteiger partial charge is 0.132 e. The number of aryl methyl sites for hydroxylation is 1. The first-order valence-corrected chi connectivity index (χ1v) is 6.62. The van der Waals surface area contributed by atoms with E-state index in [2.05, 4.69) is 10.3 Å². The molecule has 0 aliphatic heterocycles. The van der Waals surface area contributed by atoms with E-state index in [9.17, 15) is 4.39 Å². The lowest BCUT2D eigenvalue weighted by Crippen LogP contribution is -2.10. The highest BCUT2D eigenvalue weighted by Crippen LogP contribution is 2.26. The SMILES string of the molecule is COc1ccc(C(C)Nc2ccc(Cl)nc2C)c(F)c1. The Balaban J connectivity index is 2.21. The minimum absolute atomic E-state index is 0.192. The van der Waals surface area contributed by atoms with Crippen LogP contribution in [0.15, 0.2) is 30.3 Å². The fourth-order valence-electron chi connectivity index (χ4n) is 1.98. The number of halogens is 2. The van der Waals surface area contributed by atoms with Crippen molar-refractivity contribution >= 4 is 17.3 Å². The summed E-state index contributed by atoms with van der Waals surface area (Å²) in [7, 11) is 1.51. The van der Waals surface area contributed by atoms with Crippen molar-refractivity contribution in [3.8, 4) is 5.75 Å². The summed E-state index contributed by atoms with van der Waals surface area (Å²) in [5, 5.41) is 3.67. The standard InChI is InChI=1S/C15H16ClFN2O/c1-9(12-5-4-11(20-3)8-13(12)17)18-14-6-7-15(16)19-10(14)2/h4-9,18H,1-3H3. The third kappa shape index (κ3) is 3.20. The van der Waals surface area contributed by atoms with Crippen molar-refractivity contribution in [2.75, 3.05) is 12.4 Å². The van der Waals surface area contributed by atoms with Gasteiger partial charge in [0, 0.05) is 11.6 Å². The van der Waals surface area contributed by atoms with Gasteiger partial charge in [0.15, 0.2) is 0 Å². The van der Waals surface area contributed by atoms with E-state index in [-0.39, 0.29) is 11.9 Å². The number of anilines is 1. The molecule has 1 aromatic heterocycles. The molecular formula is C15H16ClFN2O. The number of hydrogen-bond donors (Lipinski definition) is 1. The predicted octanol–water partition coefficient (Wildman–Crippen LogP) is 4.36. The second kappa shape index (κ2) is 6.09. The van der Waals surface area contributed by atoms with Crippen LogP contribution in [0.3, 0.4) is 0 Å². The Morgan fingerprint density at radius 3 is 2.65 bits per heavy atom. The number of hydrogen-bond acceptors (Lipinski definition) is 3. The lowest BCUT2D eigenvalue weighted by atomic mass is 10.1. The molecule has 1 unspecified atom stereocenters. The molecule has 1 N–H and O–H groups in total. The Labute approximate surface area is 122 Å². The molecule has 0 spiro atoms. The molecule has 2 aromatic rings. The third-order valence-corrected chi connectivity index (χ3v) is 3.31. The van der Waals surface area contributed by atoms with Gasteiger partial charge in [0.2, 0.25) is 0 Å². The average Bonchev–Trinajstić information content (AvgIpc) is 2.41. The molecule has 20 heavy (non-hydrogen) atoms. The summed E-state index contributed by atoms with van der Waals surface area (Å²) in [6.07, 6.45) is 0. The maximum Gasteiger partial charge on any atom is 0.132 e. The fourth-order valence-corrected chi connectivity index (χ4v) is 2.17. The quantitative estimate of drug-likeness (QED) is 0.851. The van der Waals surface area contributed by atoms with Gasteiger partial charge in [-0.15, -0.1) is 0 Å². The molecule has 0 bridgehead atoms. The molecule has 1 atom stereocenters. The molecule has 3 nitrogen and oxygen atoms in total. The van der Waals surface area contributed by atoms with Crippen molar-refractivity contribution in [3.05, 3.63) is 52.6 Å². The summed E-state index contributed by atoms with van der Waals surface area (Å²) in [5.74, 6) is 0.201. The number of nitrogens with one attached hydrogen (secondary N) is 1. The Hall–Kier alpha value is -1.81. The Morgan fingerprint density at radius 2 is 2.05 bits per heavy atom. The van der Waals surface area contributed by atoms with Gasteiger partial charge in [-0.2, -0.15) is 0 Å². The molecule has 0 saturated carbocycles. The van der Waals surface area contributed by atoms with E-state index in [0.29, 0.717) is 16.5 Å². The lowest BCUT2D eigenvalue weighted by molar-refractivity contribution is 0.410. The normalized spacial score (nSPS) is 12.1. The molecule has 106 valence electrons. The van der Waals surface area contributed by atoms with E-state index in [1.807, 2.05) is 19.9 Å². The molecule has 0 radical (unpaired) electrons. The van der Waals surface area contributed by atoms with Gasteiger partial charge >= 0.3 is 0 Å². The minimum Gasteiger partial charge on any atom is -0.497 e. The fraction of sp³-hybridized carbons (Fsp3) is 0.267. The summed E-state index contributed by atoms with van der Waals surface area (Å²) in [6.45, 7) is 3.74. The molecule has 1 aromatic carbocycles. The third-order valence-electron chi connectivity index (χ3n) is 3.10. The molecule has 0 aliphatic rings. The molecule has 1 heterocycles. The van der Waals surface area contributed by atoms with Gasteiger partial charge in [0.1, 0.15) is 16.7 Å². The monoisotopic (exact) mass is 294 g/mol. The van der Waals surface area contributed by atoms with Crippen LogP contribution in [0.1, 0.15) is 24.2 Å². The van der Waals surface area contributed by atoms with Gasteiger partial charge in [-0.1, -0.05) is 17.7 Å². The molecule has 2 rings (SSSR count). The summed E-state index contributed by atoms with van der Waals surface area (Å²) in [4.78, 5) is 4.16. The Kier molecular flexibility index (Phi) is 4.45. The van der Waals surface area contributed by atoms with E-state index >= 15 is 0 Å². The second-order valence-electron chi connectivity index (χ2n) is 4.52. The van der Waals surface area contributed by atoms with E-state index in [4.69, 9.17) is 16.3 Å². The average molecular weight is 295 g/mol. The highest BCUT2D eigenvalue weighted by molar-refractivity contribution is 6.29. The summed E-state index contributed by atoms with van der Waals surface area (Å²) >= 11 is 5.82. The van der Waals surface area contributed by atoms with Crippen molar-refractivity contribution < 1.29 is 9.13 Å². The number of benzene rings is 1. The minimum atomic E-state index is -0.302. The van der Waals surface area contributed by atoms with Crippen molar-refractivity contribution in [1.29, 1.82) is 0 Å². The number of methoxy groups -OCH3 is 1. The summed E-state index contributed by atoms with van der Waals surface area (Å²) in [6, 6.07) is 8.17. The van der Waals surface area contributed by atoms with E-state index in [1.165, 1.54) is 13.2 Å². The summed E-state index contributed by atoms with van der Waals surface area (Å²) < 4.78 is 19.0. The molecule has 0 saturated heterocycles. The van der Waals surface area contributed by atoms with Gasteiger partial charge in [-0.3, -0.25) is 0 Å². The van der Waals surface area contributed by atoms with Crippen LogP contribution in [0.25, 0.3) is 0 Å². The van der Waals surface area contributed by atoms with Crippen molar-refractivity contribution in [3.63, 3.8) is 0 Å². The van der Waals surface area contributed by atoms with Crippen LogP contribution in [-0.2, 0) is 0 Å². The van der Waals surface area contributed by atoms with Gasteiger partial charge in [0.05, 0.1) is 24.5 Å². The first kappa shape index (κ1) is 14.6. The largest absolute Gasteiger partial charge is 0.497 e. The maximum atomic E-state index is 14.0. The maximum absolute atomic E-state index is 14.0. The van der Waals surface area contributed by atoms with E-state index in [0.717, 1.165) is 11.4 Å². The molecule has 0 fully saturated rings. The first-order chi connectivity index (χ1) is 9.51. The van der Waals surface area contributed by atoms with Crippen LogP contribution in [-0.4, -0.2) is 12.1 Å². The topological polar surface area (TPSA) is 34.1 Å². The van der Waals surface area contributed by atoms with Gasteiger partial charge in [0.25, 0.3) is 0 Å². The van der Waals surface area contributed by atoms with Crippen LogP contribution in [0.2, 0.25) is 5.15 Å². The predicted molar refractivity (Wildman–Crippen MR) is 79.0 cm³/mol. The lowest BCUT2D eigenvalue weighted by Gasteiger charge is -2.18. The van der Waals surface area contributed by atoms with Crippen molar-refractivity contribution in [2.24, 2.45) is 0 Å². The van der Waals surface area contributed by atoms with Crippen LogP contribution in [0.4, 0.5) is 10.1 Å². The van der Waals surface area contributed by atoms with Gasteiger partial charge in [-0.25, -0.2) is 9.37 Å². The molecular weight excluding hydrogens is 279 g/mol. The molecule has 5 heteroatoms. The molecule has 0 amide bonds. The van der Waals surface area contributed by atoms with Crippen LogP contribution in [0.5, 0.6) is 5.75 Å². The Bertz CT molecular complexity index is 619. The number of ether oxygens (including phenoxy) is 1. The zero-order valence-electron chi connectivity index (χ0n) is 11.6. The zero-order valence-corrected chi connectivity index (χ0v) is 12.3. The number of aromatic nitrogens is 1. The summed E-state index contributed by atoms with van der Waals surface area (Å²) in [5.41, 5.74) is 2.18. The molecule has 0 aliphatic carbocycles. The Morgan fingerprint density at radius 1 is 1.30 bits per heavy atom. The zero-order chi connectivity index (χ0) is 14.7.